The quantitative estimate of drug-likeness (QED) is 0.385. The van der Waals surface area contributed by atoms with E-state index in [1.807, 2.05) is 13.8 Å². The first kappa shape index (κ1) is 29.7. The second-order valence-electron chi connectivity index (χ2n) is 9.52. The van der Waals surface area contributed by atoms with Crippen molar-refractivity contribution in [3.8, 4) is 12.8 Å². The molecule has 0 saturated heterocycles. The lowest BCUT2D eigenvalue weighted by Crippen LogP contribution is -2.29. The topological polar surface area (TPSA) is 63.6 Å². The van der Waals surface area contributed by atoms with E-state index in [4.69, 9.17) is 9.84 Å². The predicted octanol–water partition coefficient (Wildman–Crippen LogP) is 7.62. The lowest BCUT2D eigenvalue weighted by molar-refractivity contribution is 0.00772. The highest BCUT2D eigenvalue weighted by Crippen LogP contribution is 2.34. The molecule has 0 aromatic heterocycles. The zero-order valence-electron chi connectivity index (χ0n) is 21.0. The highest BCUT2D eigenvalue weighted by Gasteiger charge is 2.28. The SMILES string of the molecule is C#C.CC.CC1(C)CCCCC1.CC1CC(OC(=O)c2ccccc2C(=O)O)C[C@H](C)C1. The van der Waals surface area contributed by atoms with E-state index in [9.17, 15) is 9.59 Å². The Morgan fingerprint density at radius 2 is 1.38 bits per heavy atom. The zero-order chi connectivity index (χ0) is 24.7. The second-order valence-corrected chi connectivity index (χ2v) is 9.52. The van der Waals surface area contributed by atoms with Gasteiger partial charge in [-0.15, -0.1) is 12.8 Å². The first-order chi connectivity index (χ1) is 15.2. The number of esters is 1. The minimum Gasteiger partial charge on any atom is -0.478 e. The van der Waals surface area contributed by atoms with Crippen molar-refractivity contribution in [1.29, 1.82) is 0 Å². The number of benzene rings is 1. The van der Waals surface area contributed by atoms with Gasteiger partial charge in [0.15, 0.2) is 0 Å². The molecule has 0 bridgehead atoms. The third kappa shape index (κ3) is 10.8. The van der Waals surface area contributed by atoms with Crippen molar-refractivity contribution >= 4 is 11.9 Å². The molecular weight excluding hydrogens is 400 g/mol. The molecule has 0 spiro atoms. The van der Waals surface area contributed by atoms with Crippen LogP contribution in [0.5, 0.6) is 0 Å². The predicted molar refractivity (Wildman–Crippen MR) is 133 cm³/mol. The fourth-order valence-corrected chi connectivity index (χ4v) is 4.54. The number of carboxylic acid groups (broad SMARTS) is 1. The number of terminal acetylenes is 1. The van der Waals surface area contributed by atoms with E-state index in [2.05, 4.69) is 40.5 Å². The average molecular weight is 445 g/mol. The number of carbonyl (C=O) groups excluding carboxylic acids is 1. The maximum Gasteiger partial charge on any atom is 0.339 e. The molecule has 3 rings (SSSR count). The number of carbonyl (C=O) groups is 2. The molecule has 4 nitrogen and oxygen atoms in total. The van der Waals surface area contributed by atoms with E-state index in [1.165, 1.54) is 44.2 Å². The van der Waals surface area contributed by atoms with Gasteiger partial charge in [-0.25, -0.2) is 9.59 Å². The lowest BCUT2D eigenvalue weighted by Gasteiger charge is -2.31. The molecule has 4 heteroatoms. The fraction of sp³-hybridized carbons (Fsp3) is 0.643. The minimum absolute atomic E-state index is 0.00518. The monoisotopic (exact) mass is 444 g/mol. The zero-order valence-corrected chi connectivity index (χ0v) is 21.0. The summed E-state index contributed by atoms with van der Waals surface area (Å²) in [6.07, 6.45) is 18.1. The van der Waals surface area contributed by atoms with Gasteiger partial charge in [-0.1, -0.05) is 72.9 Å². The van der Waals surface area contributed by atoms with Crippen LogP contribution in [0.25, 0.3) is 0 Å². The van der Waals surface area contributed by atoms with E-state index in [0.717, 1.165) is 19.3 Å². The van der Waals surface area contributed by atoms with Crippen molar-refractivity contribution < 1.29 is 19.4 Å². The molecule has 1 aromatic carbocycles. The molecule has 1 aromatic rings. The van der Waals surface area contributed by atoms with Crippen LogP contribution in [0.3, 0.4) is 0 Å². The summed E-state index contributed by atoms with van der Waals surface area (Å²) in [5, 5.41) is 9.10. The van der Waals surface area contributed by atoms with Gasteiger partial charge in [0.25, 0.3) is 0 Å². The van der Waals surface area contributed by atoms with Gasteiger partial charge >= 0.3 is 11.9 Å². The number of hydrogen-bond acceptors (Lipinski definition) is 3. The Hall–Kier alpha value is -2.28. The third-order valence-corrected chi connectivity index (χ3v) is 5.99. The highest BCUT2D eigenvalue weighted by molar-refractivity contribution is 6.02. The number of carboxylic acids is 1. The number of aromatic carboxylic acids is 1. The molecule has 3 atom stereocenters. The number of ether oxygens (including phenoxy) is 1. The van der Waals surface area contributed by atoms with Crippen LogP contribution in [-0.4, -0.2) is 23.1 Å². The van der Waals surface area contributed by atoms with Crippen molar-refractivity contribution in [1.82, 2.24) is 0 Å². The molecule has 32 heavy (non-hydrogen) atoms. The highest BCUT2D eigenvalue weighted by atomic mass is 16.5. The molecule has 2 unspecified atom stereocenters. The normalized spacial score (nSPS) is 23.4. The summed E-state index contributed by atoms with van der Waals surface area (Å²) in [5.41, 5.74) is 0.804. The summed E-state index contributed by atoms with van der Waals surface area (Å²) in [4.78, 5) is 23.3. The maximum absolute atomic E-state index is 12.2. The van der Waals surface area contributed by atoms with E-state index in [0.29, 0.717) is 17.3 Å². The summed E-state index contributed by atoms with van der Waals surface area (Å²) < 4.78 is 5.51. The van der Waals surface area contributed by atoms with Crippen LogP contribution in [0.2, 0.25) is 0 Å². The first-order valence-electron chi connectivity index (χ1n) is 12.0. The van der Waals surface area contributed by atoms with E-state index in [1.54, 1.807) is 12.1 Å². The van der Waals surface area contributed by atoms with E-state index in [-0.39, 0.29) is 17.2 Å². The molecule has 2 fully saturated rings. The summed E-state index contributed by atoms with van der Waals surface area (Å²) in [6.45, 7) is 13.1. The first-order valence-corrected chi connectivity index (χ1v) is 12.0. The summed E-state index contributed by atoms with van der Waals surface area (Å²) in [5.74, 6) is -0.574. The Morgan fingerprint density at radius 1 is 0.906 bits per heavy atom. The van der Waals surface area contributed by atoms with Crippen LogP contribution in [0.1, 0.15) is 114 Å². The molecule has 2 aliphatic rings. The molecule has 1 N–H and O–H groups in total. The van der Waals surface area contributed by atoms with E-state index < -0.39 is 11.9 Å². The molecule has 0 amide bonds. The largest absolute Gasteiger partial charge is 0.478 e. The van der Waals surface area contributed by atoms with Crippen molar-refractivity contribution in [2.24, 2.45) is 17.3 Å². The molecule has 2 aliphatic carbocycles. The van der Waals surface area contributed by atoms with Gasteiger partial charge in [-0.2, -0.15) is 0 Å². The van der Waals surface area contributed by atoms with Crippen LogP contribution in [0.4, 0.5) is 0 Å². The number of hydrogen-bond donors (Lipinski definition) is 1. The Balaban J connectivity index is 0.000000666. The average Bonchev–Trinajstić information content (AvgIpc) is 2.76. The molecule has 0 heterocycles. The summed E-state index contributed by atoms with van der Waals surface area (Å²) in [6, 6.07) is 6.17. The molecule has 0 radical (unpaired) electrons. The van der Waals surface area contributed by atoms with Crippen LogP contribution >= 0.6 is 0 Å². The van der Waals surface area contributed by atoms with Gasteiger partial charge in [0, 0.05) is 0 Å². The molecular formula is C28H44O4. The van der Waals surface area contributed by atoms with Gasteiger partial charge in [0.05, 0.1) is 11.1 Å². The second kappa shape index (κ2) is 15.5. The van der Waals surface area contributed by atoms with Gasteiger partial charge in [-0.05, 0) is 61.5 Å². The Labute approximate surface area is 196 Å². The smallest absolute Gasteiger partial charge is 0.339 e. The third-order valence-electron chi connectivity index (χ3n) is 5.99. The van der Waals surface area contributed by atoms with Crippen LogP contribution in [0, 0.1) is 30.1 Å². The standard InChI is InChI=1S/C16H20O4.C8H16.C2H6.C2H2/c1-10-7-11(2)9-12(8-10)20-16(19)14-6-4-3-5-13(14)15(17)18;1-8(2)6-4-3-5-7-8;2*1-2/h3-6,10-12H,7-9H2,1-2H3,(H,17,18);3-7H2,1-2H3;1-2H3;1-2H/t10-,11?,12?;;;/m1.../s1. The van der Waals surface area contributed by atoms with Gasteiger partial charge < -0.3 is 9.84 Å². The Bertz CT molecular complexity index is 686. The fourth-order valence-electron chi connectivity index (χ4n) is 4.54. The summed E-state index contributed by atoms with van der Waals surface area (Å²) in [7, 11) is 0. The van der Waals surface area contributed by atoms with Gasteiger partial charge in [0.2, 0.25) is 0 Å². The van der Waals surface area contributed by atoms with E-state index >= 15 is 0 Å². The van der Waals surface area contributed by atoms with Crippen molar-refractivity contribution in [3.05, 3.63) is 35.4 Å². The molecule has 2 saturated carbocycles. The summed E-state index contributed by atoms with van der Waals surface area (Å²) >= 11 is 0. The van der Waals surface area contributed by atoms with Crippen LogP contribution in [0.15, 0.2) is 24.3 Å². The van der Waals surface area contributed by atoms with Crippen LogP contribution < -0.4 is 0 Å². The van der Waals surface area contributed by atoms with Gasteiger partial charge in [-0.3, -0.25) is 0 Å². The van der Waals surface area contributed by atoms with Crippen molar-refractivity contribution in [2.75, 3.05) is 0 Å². The molecule has 0 aliphatic heterocycles. The van der Waals surface area contributed by atoms with Gasteiger partial charge in [0.1, 0.15) is 6.10 Å². The maximum atomic E-state index is 12.2. The molecule has 180 valence electrons. The van der Waals surface area contributed by atoms with Crippen molar-refractivity contribution in [3.63, 3.8) is 0 Å². The number of rotatable bonds is 3. The lowest BCUT2D eigenvalue weighted by atomic mass is 9.78. The Kier molecular flexibility index (Phi) is 14.4. The van der Waals surface area contributed by atoms with Crippen LogP contribution in [-0.2, 0) is 4.74 Å². The van der Waals surface area contributed by atoms with Crippen molar-refractivity contribution in [2.45, 2.75) is 99.0 Å². The minimum atomic E-state index is -1.11. The Morgan fingerprint density at radius 3 is 1.78 bits per heavy atom.